The minimum atomic E-state index is -0.679. The number of fused-ring (bicyclic) bond motifs is 1. The van der Waals surface area contributed by atoms with E-state index in [9.17, 15) is 10.1 Å². The lowest BCUT2D eigenvalue weighted by atomic mass is 9.93. The zero-order chi connectivity index (χ0) is 17.2. The summed E-state index contributed by atoms with van der Waals surface area (Å²) in [6, 6.07) is 8.05. The predicted octanol–water partition coefficient (Wildman–Crippen LogP) is 2.19. The zero-order valence-corrected chi connectivity index (χ0v) is 14.1. The van der Waals surface area contributed by atoms with E-state index in [-0.39, 0.29) is 19.2 Å². The van der Waals surface area contributed by atoms with Gasteiger partial charge in [0.15, 0.2) is 11.5 Å². The van der Waals surface area contributed by atoms with E-state index in [0.717, 1.165) is 42.7 Å². The lowest BCUT2D eigenvalue weighted by Gasteiger charge is -2.28. The Labute approximate surface area is 142 Å². The van der Waals surface area contributed by atoms with Crippen LogP contribution in [-0.2, 0) is 10.3 Å². The van der Waals surface area contributed by atoms with Gasteiger partial charge >= 0.3 is 0 Å². The minimum absolute atomic E-state index is 0.146. The van der Waals surface area contributed by atoms with Crippen LogP contribution in [-0.4, -0.2) is 24.8 Å². The highest BCUT2D eigenvalue weighted by Crippen LogP contribution is 2.35. The van der Waals surface area contributed by atoms with Gasteiger partial charge in [0.25, 0.3) is 0 Å². The second-order valence-electron chi connectivity index (χ2n) is 7.00. The van der Waals surface area contributed by atoms with Crippen LogP contribution in [0.25, 0.3) is 0 Å². The highest BCUT2D eigenvalue weighted by Gasteiger charge is 2.35. The highest BCUT2D eigenvalue weighted by atomic mass is 16.7. The Hall–Kier alpha value is -2.26. The molecule has 6 nitrogen and oxygen atoms in total. The molecule has 0 spiro atoms. The number of carbonyl (C=O) groups excluding carboxylic acids is 1. The maximum Gasteiger partial charge on any atom is 0.235 e. The Balaban J connectivity index is 1.60. The van der Waals surface area contributed by atoms with Crippen LogP contribution >= 0.6 is 0 Å². The van der Waals surface area contributed by atoms with E-state index in [1.165, 1.54) is 0 Å². The van der Waals surface area contributed by atoms with Gasteiger partial charge in [-0.05, 0) is 57.2 Å². The summed E-state index contributed by atoms with van der Waals surface area (Å²) in [7, 11) is 0. The average Bonchev–Trinajstić information content (AvgIpc) is 3.21. The molecular weight excluding hydrogens is 306 g/mol. The first-order valence-corrected chi connectivity index (χ1v) is 8.32. The molecule has 1 aliphatic carbocycles. The van der Waals surface area contributed by atoms with Crippen LogP contribution in [0, 0.1) is 11.3 Å². The molecule has 1 fully saturated rings. The van der Waals surface area contributed by atoms with Gasteiger partial charge in [-0.1, -0.05) is 6.07 Å². The minimum Gasteiger partial charge on any atom is -0.454 e. The number of rotatable bonds is 5. The molecule has 24 heavy (non-hydrogen) atoms. The summed E-state index contributed by atoms with van der Waals surface area (Å²) in [5.41, 5.74) is -0.0782. The van der Waals surface area contributed by atoms with Gasteiger partial charge in [-0.15, -0.1) is 0 Å². The fourth-order valence-corrected chi connectivity index (χ4v) is 3.24. The first kappa shape index (κ1) is 16.6. The molecule has 1 aromatic rings. The molecule has 0 saturated heterocycles. The van der Waals surface area contributed by atoms with Crippen LogP contribution in [0.2, 0.25) is 0 Å². The Kier molecular flexibility index (Phi) is 4.37. The molecule has 0 aromatic heterocycles. The first-order chi connectivity index (χ1) is 11.4. The third kappa shape index (κ3) is 3.31. The third-order valence-electron chi connectivity index (χ3n) is 4.83. The summed E-state index contributed by atoms with van der Waals surface area (Å²) >= 11 is 0. The van der Waals surface area contributed by atoms with E-state index in [2.05, 4.69) is 16.7 Å². The van der Waals surface area contributed by atoms with Crippen molar-refractivity contribution in [1.29, 1.82) is 5.26 Å². The number of hydrogen-bond acceptors (Lipinski definition) is 5. The van der Waals surface area contributed by atoms with Crippen molar-refractivity contribution in [2.75, 3.05) is 13.3 Å². The lowest BCUT2D eigenvalue weighted by Crippen LogP contribution is -2.50. The predicted molar refractivity (Wildman–Crippen MR) is 88.5 cm³/mol. The van der Waals surface area contributed by atoms with E-state index < -0.39 is 11.1 Å². The summed E-state index contributed by atoms with van der Waals surface area (Å²) in [6.45, 7) is 4.41. The number of nitrogens with one attached hydrogen (secondary N) is 2. The van der Waals surface area contributed by atoms with Crippen molar-refractivity contribution in [3.8, 4) is 17.6 Å². The molecule has 1 heterocycles. The highest BCUT2D eigenvalue weighted by molar-refractivity contribution is 5.79. The van der Waals surface area contributed by atoms with E-state index in [0.29, 0.717) is 0 Å². The van der Waals surface area contributed by atoms with Crippen LogP contribution < -0.4 is 20.1 Å². The standard InChI is InChI=1S/C18H23N3O3/c1-17(2,13-5-6-14-15(9-13)24-12-23-14)20-10-16(22)21-18(11-19)7-3-4-8-18/h5-6,9,20H,3-4,7-8,10,12H2,1-2H3,(H,21,22). The molecule has 1 aliphatic heterocycles. The first-order valence-electron chi connectivity index (χ1n) is 8.32. The Morgan fingerprint density at radius 2 is 2.00 bits per heavy atom. The Morgan fingerprint density at radius 3 is 2.71 bits per heavy atom. The van der Waals surface area contributed by atoms with Crippen LogP contribution in [0.15, 0.2) is 18.2 Å². The smallest absolute Gasteiger partial charge is 0.235 e. The van der Waals surface area contributed by atoms with Gasteiger partial charge in [-0.3, -0.25) is 10.1 Å². The van der Waals surface area contributed by atoms with Crippen molar-refractivity contribution in [3.63, 3.8) is 0 Å². The lowest BCUT2D eigenvalue weighted by molar-refractivity contribution is -0.121. The molecule has 128 valence electrons. The van der Waals surface area contributed by atoms with Crippen molar-refractivity contribution in [3.05, 3.63) is 23.8 Å². The Morgan fingerprint density at radius 1 is 1.29 bits per heavy atom. The summed E-state index contributed by atoms with van der Waals surface area (Å²) in [5, 5.41) is 15.5. The second kappa shape index (κ2) is 6.33. The third-order valence-corrected chi connectivity index (χ3v) is 4.83. The topological polar surface area (TPSA) is 83.4 Å². The maximum atomic E-state index is 12.3. The molecule has 0 atom stereocenters. The van der Waals surface area contributed by atoms with Gasteiger partial charge in [0, 0.05) is 5.54 Å². The molecule has 2 aliphatic rings. The van der Waals surface area contributed by atoms with Gasteiger partial charge in [0.2, 0.25) is 12.7 Å². The maximum absolute atomic E-state index is 12.3. The van der Waals surface area contributed by atoms with Crippen molar-refractivity contribution in [2.24, 2.45) is 0 Å². The fraction of sp³-hybridized carbons (Fsp3) is 0.556. The summed E-state index contributed by atoms with van der Waals surface area (Å²) in [4.78, 5) is 12.3. The number of ether oxygens (including phenoxy) is 2. The van der Waals surface area contributed by atoms with Crippen molar-refractivity contribution < 1.29 is 14.3 Å². The van der Waals surface area contributed by atoms with Crippen molar-refractivity contribution >= 4 is 5.91 Å². The number of nitrogens with zero attached hydrogens (tertiary/aromatic N) is 1. The fourth-order valence-electron chi connectivity index (χ4n) is 3.24. The molecule has 0 radical (unpaired) electrons. The van der Waals surface area contributed by atoms with E-state index in [4.69, 9.17) is 9.47 Å². The normalized spacial score (nSPS) is 18.2. The summed E-state index contributed by atoms with van der Waals surface area (Å²) in [5.74, 6) is 1.32. The van der Waals surface area contributed by atoms with Gasteiger partial charge in [0.05, 0.1) is 12.6 Å². The molecule has 1 amide bonds. The molecular formula is C18H23N3O3. The van der Waals surface area contributed by atoms with Crippen LogP contribution in [0.3, 0.4) is 0 Å². The van der Waals surface area contributed by atoms with Crippen LogP contribution in [0.5, 0.6) is 11.5 Å². The molecule has 1 aromatic carbocycles. The SMILES string of the molecule is CC(C)(NCC(=O)NC1(C#N)CCCC1)c1ccc2c(c1)OCO2. The van der Waals surface area contributed by atoms with Crippen molar-refractivity contribution in [2.45, 2.75) is 50.6 Å². The Bertz CT molecular complexity index is 673. The number of carbonyl (C=O) groups is 1. The molecule has 0 unspecified atom stereocenters. The molecule has 0 bridgehead atoms. The number of hydrogen-bond donors (Lipinski definition) is 2. The summed E-state index contributed by atoms with van der Waals surface area (Å²) in [6.07, 6.45) is 3.45. The molecule has 3 rings (SSSR count). The van der Waals surface area contributed by atoms with Gasteiger partial charge < -0.3 is 14.8 Å². The van der Waals surface area contributed by atoms with Gasteiger partial charge in [-0.25, -0.2) is 0 Å². The molecule has 1 saturated carbocycles. The van der Waals surface area contributed by atoms with E-state index in [1.807, 2.05) is 32.0 Å². The number of amides is 1. The second-order valence-corrected chi connectivity index (χ2v) is 7.00. The largest absolute Gasteiger partial charge is 0.454 e. The molecule has 2 N–H and O–H groups in total. The van der Waals surface area contributed by atoms with Gasteiger partial charge in [0.1, 0.15) is 5.54 Å². The van der Waals surface area contributed by atoms with E-state index >= 15 is 0 Å². The van der Waals surface area contributed by atoms with Crippen molar-refractivity contribution in [1.82, 2.24) is 10.6 Å². The van der Waals surface area contributed by atoms with Gasteiger partial charge in [-0.2, -0.15) is 5.26 Å². The van der Waals surface area contributed by atoms with Crippen LogP contribution in [0.1, 0.15) is 45.1 Å². The zero-order valence-electron chi connectivity index (χ0n) is 14.1. The molecule has 6 heteroatoms. The number of benzene rings is 1. The van der Waals surface area contributed by atoms with E-state index in [1.54, 1.807) is 0 Å². The number of nitriles is 1. The quantitative estimate of drug-likeness (QED) is 0.865. The summed E-state index contributed by atoms with van der Waals surface area (Å²) < 4.78 is 10.7. The van der Waals surface area contributed by atoms with Crippen LogP contribution in [0.4, 0.5) is 0 Å². The average molecular weight is 329 g/mol. The monoisotopic (exact) mass is 329 g/mol.